The van der Waals surface area contributed by atoms with Crippen LogP contribution in [-0.4, -0.2) is 21.8 Å². The Bertz CT molecular complexity index is 1540. The second-order valence-electron chi connectivity index (χ2n) is 9.41. The van der Waals surface area contributed by atoms with Crippen molar-refractivity contribution in [3.8, 4) is 0 Å². The highest BCUT2D eigenvalue weighted by molar-refractivity contribution is 9.10. The second kappa shape index (κ2) is 12.0. The van der Waals surface area contributed by atoms with Crippen LogP contribution in [0.2, 0.25) is 0 Å². The number of nitrogens with zero attached hydrogens (tertiary/aromatic N) is 3. The van der Waals surface area contributed by atoms with E-state index in [1.54, 1.807) is 24.5 Å². The summed E-state index contributed by atoms with van der Waals surface area (Å²) in [5, 5.41) is 6.06. The lowest BCUT2D eigenvalue weighted by Crippen LogP contribution is -2.27. The van der Waals surface area contributed by atoms with E-state index in [1.165, 1.54) is 5.56 Å². The molecule has 2 unspecified atom stereocenters. The Hall–Kier alpha value is -4.35. The molecular weight excluding hydrogens is 554 g/mol. The van der Waals surface area contributed by atoms with Crippen molar-refractivity contribution in [3.63, 3.8) is 0 Å². The molecule has 2 atom stereocenters. The molecule has 0 bridgehead atoms. The third-order valence-electron chi connectivity index (χ3n) is 6.83. The number of halogens is 1. The molecule has 2 amide bonds. The largest absolute Gasteiger partial charge is 0.344 e. The van der Waals surface area contributed by atoms with Crippen molar-refractivity contribution in [3.05, 3.63) is 135 Å². The van der Waals surface area contributed by atoms with E-state index in [9.17, 15) is 9.59 Å². The monoisotopic (exact) mass is 579 g/mol. The van der Waals surface area contributed by atoms with Gasteiger partial charge in [0.05, 0.1) is 30.0 Å². The molecule has 2 N–H and O–H groups in total. The van der Waals surface area contributed by atoms with Crippen molar-refractivity contribution in [2.75, 3.05) is 0 Å². The molecule has 0 saturated carbocycles. The lowest BCUT2D eigenvalue weighted by molar-refractivity contribution is 0.0927. The van der Waals surface area contributed by atoms with Crippen LogP contribution in [0.5, 0.6) is 0 Å². The summed E-state index contributed by atoms with van der Waals surface area (Å²) < 4.78 is 0.987. The van der Waals surface area contributed by atoms with Gasteiger partial charge in [-0.25, -0.2) is 4.85 Å². The molecule has 4 aromatic rings. The number of carbonyl (C=O) groups is 2. The van der Waals surface area contributed by atoms with Crippen LogP contribution in [0.15, 0.2) is 89.7 Å². The molecule has 0 fully saturated rings. The fourth-order valence-electron chi connectivity index (χ4n) is 4.91. The Balaban J connectivity index is 0.000000158. The highest BCUT2D eigenvalue weighted by Gasteiger charge is 2.27. The van der Waals surface area contributed by atoms with E-state index in [-0.39, 0.29) is 23.9 Å². The van der Waals surface area contributed by atoms with E-state index in [0.717, 1.165) is 47.1 Å². The molecule has 6 rings (SSSR count). The first kappa shape index (κ1) is 26.3. The number of hydrogen-bond acceptors (Lipinski definition) is 4. The van der Waals surface area contributed by atoms with Crippen LogP contribution >= 0.6 is 15.9 Å². The summed E-state index contributed by atoms with van der Waals surface area (Å²) in [5.74, 6) is -0.123. The number of pyridine rings is 2. The Labute approximate surface area is 235 Å². The van der Waals surface area contributed by atoms with E-state index in [2.05, 4.69) is 47.4 Å². The highest BCUT2D eigenvalue weighted by atomic mass is 79.9. The molecule has 2 heterocycles. The summed E-state index contributed by atoms with van der Waals surface area (Å²) in [4.78, 5) is 36.4. The second-order valence-corrected chi connectivity index (χ2v) is 10.3. The Morgan fingerprint density at radius 2 is 1.26 bits per heavy atom. The molecule has 7 nitrogen and oxygen atoms in total. The van der Waals surface area contributed by atoms with Gasteiger partial charge in [0.1, 0.15) is 0 Å². The van der Waals surface area contributed by atoms with Gasteiger partial charge in [-0.15, -0.1) is 0 Å². The number of aromatic nitrogens is 2. The van der Waals surface area contributed by atoms with Gasteiger partial charge in [0.2, 0.25) is 5.69 Å². The number of rotatable bonds is 4. The van der Waals surface area contributed by atoms with Gasteiger partial charge in [0.25, 0.3) is 11.8 Å². The first-order chi connectivity index (χ1) is 19.0. The first-order valence-corrected chi connectivity index (χ1v) is 13.5. The first-order valence-electron chi connectivity index (χ1n) is 12.7. The molecule has 194 valence electrons. The van der Waals surface area contributed by atoms with Crippen molar-refractivity contribution < 1.29 is 9.59 Å². The molecule has 0 radical (unpaired) electrons. The number of nitrogens with one attached hydrogen (secondary N) is 2. The summed E-state index contributed by atoms with van der Waals surface area (Å²) in [6, 6.07) is 22.3. The van der Waals surface area contributed by atoms with E-state index in [1.807, 2.05) is 54.6 Å². The summed E-state index contributed by atoms with van der Waals surface area (Å²) in [6.07, 6.45) is 6.91. The summed E-state index contributed by atoms with van der Waals surface area (Å²) in [7, 11) is 0. The number of carbonyl (C=O) groups excluding carboxylic acids is 2. The lowest BCUT2D eigenvalue weighted by atomic mass is 10.1. The Morgan fingerprint density at radius 3 is 1.77 bits per heavy atom. The van der Waals surface area contributed by atoms with Crippen LogP contribution in [0.25, 0.3) is 4.85 Å². The van der Waals surface area contributed by atoms with Crippen molar-refractivity contribution in [1.29, 1.82) is 0 Å². The Morgan fingerprint density at radius 1 is 0.769 bits per heavy atom. The zero-order chi connectivity index (χ0) is 27.2. The van der Waals surface area contributed by atoms with Gasteiger partial charge in [-0.05, 0) is 89.1 Å². The van der Waals surface area contributed by atoms with Crippen LogP contribution in [0.4, 0.5) is 5.69 Å². The SMILES string of the molecule is O=C(NC1CCc2cc(Br)cnc21)c1ccccc1.[C-]#[N+]c1cnc2c(c1)CCC2NC(=O)c1ccccc1. The maximum atomic E-state index is 12.1. The topological polar surface area (TPSA) is 88.3 Å². The summed E-state index contributed by atoms with van der Waals surface area (Å²) >= 11 is 3.42. The van der Waals surface area contributed by atoms with Gasteiger partial charge in [-0.2, -0.15) is 0 Å². The summed E-state index contributed by atoms with van der Waals surface area (Å²) in [5.41, 5.74) is 6.06. The zero-order valence-corrected chi connectivity index (χ0v) is 22.7. The van der Waals surface area contributed by atoms with Gasteiger partial charge in [-0.3, -0.25) is 19.6 Å². The molecule has 0 aliphatic heterocycles. The van der Waals surface area contributed by atoms with Crippen LogP contribution in [0, 0.1) is 6.57 Å². The minimum atomic E-state index is -0.0838. The fourth-order valence-corrected chi connectivity index (χ4v) is 5.28. The fraction of sp³-hybridized carbons (Fsp3) is 0.194. The van der Waals surface area contributed by atoms with Crippen molar-refractivity contribution in [2.24, 2.45) is 0 Å². The van der Waals surface area contributed by atoms with Crippen molar-refractivity contribution in [1.82, 2.24) is 20.6 Å². The zero-order valence-electron chi connectivity index (χ0n) is 21.1. The summed E-state index contributed by atoms with van der Waals surface area (Å²) in [6.45, 7) is 7.00. The average molecular weight is 580 g/mol. The number of amides is 2. The molecule has 8 heteroatoms. The predicted octanol–water partition coefficient (Wildman–Crippen LogP) is 6.31. The molecule has 0 spiro atoms. The minimum absolute atomic E-state index is 0.0239. The van der Waals surface area contributed by atoms with Gasteiger partial charge in [0.15, 0.2) is 0 Å². The normalized spacial score (nSPS) is 16.6. The van der Waals surface area contributed by atoms with Crippen LogP contribution in [0.3, 0.4) is 0 Å². The maximum Gasteiger partial charge on any atom is 0.251 e. The molecule has 39 heavy (non-hydrogen) atoms. The third kappa shape index (κ3) is 6.21. The van der Waals surface area contributed by atoms with Gasteiger partial charge in [-0.1, -0.05) is 36.4 Å². The third-order valence-corrected chi connectivity index (χ3v) is 7.27. The van der Waals surface area contributed by atoms with Gasteiger partial charge in [0, 0.05) is 28.0 Å². The Kier molecular flexibility index (Phi) is 8.09. The lowest BCUT2D eigenvalue weighted by Gasteiger charge is -2.13. The number of benzene rings is 2. The van der Waals surface area contributed by atoms with E-state index in [0.29, 0.717) is 16.8 Å². The number of fused-ring (bicyclic) bond motifs is 2. The maximum absolute atomic E-state index is 12.1. The standard InChI is InChI=1S/C16H13N3O.C15H13BrN2O/c1-17-13-9-12-7-8-14(15(12)18-10-13)19-16(20)11-5-3-2-4-6-11;16-12-8-11-6-7-13(14(11)17-9-12)18-15(19)10-4-2-1-3-5-10/h2-6,9-10,14H,7-8H2,(H,19,20);1-5,8-9,13H,6-7H2,(H,18,19). The molecule has 2 aromatic heterocycles. The smallest absolute Gasteiger partial charge is 0.251 e. The minimum Gasteiger partial charge on any atom is -0.344 e. The molecule has 2 aromatic carbocycles. The van der Waals surface area contributed by atoms with Crippen LogP contribution < -0.4 is 10.6 Å². The molecule has 2 aliphatic rings. The van der Waals surface area contributed by atoms with E-state index >= 15 is 0 Å². The van der Waals surface area contributed by atoms with Crippen molar-refractivity contribution >= 4 is 33.4 Å². The van der Waals surface area contributed by atoms with Gasteiger partial charge >= 0.3 is 0 Å². The molecule has 2 aliphatic carbocycles. The number of hydrogen-bond donors (Lipinski definition) is 2. The van der Waals surface area contributed by atoms with Gasteiger partial charge < -0.3 is 10.6 Å². The quantitative estimate of drug-likeness (QED) is 0.277. The molecule has 0 saturated heterocycles. The van der Waals surface area contributed by atoms with Crippen LogP contribution in [-0.2, 0) is 12.8 Å². The average Bonchev–Trinajstić information content (AvgIpc) is 3.57. The molecular formula is C31H26BrN5O2. The van der Waals surface area contributed by atoms with E-state index in [4.69, 9.17) is 6.57 Å². The predicted molar refractivity (Wildman–Crippen MR) is 152 cm³/mol. The van der Waals surface area contributed by atoms with Crippen LogP contribution in [0.1, 0.15) is 68.2 Å². The van der Waals surface area contributed by atoms with E-state index < -0.39 is 0 Å². The number of aryl methyl sites for hydroxylation is 2. The van der Waals surface area contributed by atoms with Crippen molar-refractivity contribution in [2.45, 2.75) is 37.8 Å². The highest BCUT2D eigenvalue weighted by Crippen LogP contribution is 2.32.